The van der Waals surface area contributed by atoms with Crippen LogP contribution in [0.4, 0.5) is 0 Å². The molecule has 7 heteroatoms. The minimum absolute atomic E-state index is 0.0577. The highest BCUT2D eigenvalue weighted by Crippen LogP contribution is 2.43. The van der Waals surface area contributed by atoms with Gasteiger partial charge in [0.05, 0.1) is 13.2 Å². The van der Waals surface area contributed by atoms with Crippen molar-refractivity contribution in [3.05, 3.63) is 57.8 Å². The van der Waals surface area contributed by atoms with Gasteiger partial charge in [-0.3, -0.25) is 9.36 Å². The highest BCUT2D eigenvalue weighted by molar-refractivity contribution is 5.77. The van der Waals surface area contributed by atoms with Gasteiger partial charge in [-0.2, -0.15) is 4.98 Å². The van der Waals surface area contributed by atoms with Crippen LogP contribution in [0.25, 0.3) is 0 Å². The number of fused-ring (bicyclic) bond motifs is 1. The van der Waals surface area contributed by atoms with E-state index in [-0.39, 0.29) is 17.6 Å². The summed E-state index contributed by atoms with van der Waals surface area (Å²) < 4.78 is 6.87. The second kappa shape index (κ2) is 7.99. The van der Waals surface area contributed by atoms with Crippen molar-refractivity contribution < 1.29 is 9.53 Å². The largest absolute Gasteiger partial charge is 0.497 e. The van der Waals surface area contributed by atoms with E-state index in [1.807, 2.05) is 30.0 Å². The van der Waals surface area contributed by atoms with Crippen LogP contribution in [0.2, 0.25) is 0 Å². The predicted molar refractivity (Wildman–Crippen MR) is 110 cm³/mol. The molecule has 1 aromatic carbocycles. The van der Waals surface area contributed by atoms with Crippen LogP contribution in [-0.2, 0) is 11.3 Å². The standard InChI is InChI=1S/C22H28N4O3/c1-14-10-15(2)25(22(28)24-14)9-8-20(27)26-13-17-11-23-12-19(17)21(26)16-4-6-18(29-3)7-5-16/h4-7,10,17,19,21,23H,8-9,11-13H2,1-3H3/t17-,19-,21+/m0/s1. The number of hydrogen-bond acceptors (Lipinski definition) is 5. The molecule has 1 amide bonds. The van der Waals surface area contributed by atoms with Crippen molar-refractivity contribution in [2.24, 2.45) is 11.8 Å². The van der Waals surface area contributed by atoms with Gasteiger partial charge in [0.1, 0.15) is 5.75 Å². The monoisotopic (exact) mass is 396 g/mol. The van der Waals surface area contributed by atoms with Crippen LogP contribution in [0.5, 0.6) is 5.75 Å². The first kappa shape index (κ1) is 19.6. The molecule has 7 nitrogen and oxygen atoms in total. The molecule has 2 aliphatic rings. The first-order valence-electron chi connectivity index (χ1n) is 10.2. The molecule has 29 heavy (non-hydrogen) atoms. The van der Waals surface area contributed by atoms with E-state index in [1.165, 1.54) is 0 Å². The van der Waals surface area contributed by atoms with Crippen LogP contribution in [0.3, 0.4) is 0 Å². The first-order valence-corrected chi connectivity index (χ1v) is 10.2. The van der Waals surface area contributed by atoms with Crippen molar-refractivity contribution >= 4 is 5.91 Å². The molecule has 2 aromatic rings. The number of ether oxygens (including phenoxy) is 1. The molecule has 4 rings (SSSR count). The van der Waals surface area contributed by atoms with Crippen molar-refractivity contribution in [2.45, 2.75) is 32.9 Å². The summed E-state index contributed by atoms with van der Waals surface area (Å²) in [5, 5.41) is 3.47. The molecule has 3 atom stereocenters. The number of aromatic nitrogens is 2. The molecule has 1 N–H and O–H groups in total. The van der Waals surface area contributed by atoms with Crippen LogP contribution in [0.1, 0.15) is 29.4 Å². The van der Waals surface area contributed by atoms with E-state index in [0.29, 0.717) is 30.5 Å². The maximum absolute atomic E-state index is 13.2. The van der Waals surface area contributed by atoms with Crippen molar-refractivity contribution in [1.82, 2.24) is 19.8 Å². The van der Waals surface area contributed by atoms with Crippen molar-refractivity contribution in [1.29, 1.82) is 0 Å². The fourth-order valence-corrected chi connectivity index (χ4v) is 4.80. The van der Waals surface area contributed by atoms with E-state index in [9.17, 15) is 9.59 Å². The van der Waals surface area contributed by atoms with Crippen LogP contribution in [-0.4, -0.2) is 47.1 Å². The van der Waals surface area contributed by atoms with Gasteiger partial charge in [-0.05, 0) is 43.5 Å². The van der Waals surface area contributed by atoms with Crippen molar-refractivity contribution in [3.63, 3.8) is 0 Å². The second-order valence-corrected chi connectivity index (χ2v) is 8.07. The molecule has 1 aromatic heterocycles. The molecule has 0 radical (unpaired) electrons. The summed E-state index contributed by atoms with van der Waals surface area (Å²) in [5.41, 5.74) is 2.39. The summed E-state index contributed by atoms with van der Waals surface area (Å²) in [4.78, 5) is 31.4. The molecule has 2 saturated heterocycles. The van der Waals surface area contributed by atoms with Crippen molar-refractivity contribution in [3.8, 4) is 5.75 Å². The smallest absolute Gasteiger partial charge is 0.347 e. The molecule has 0 aliphatic carbocycles. The van der Waals surface area contributed by atoms with Crippen LogP contribution in [0, 0.1) is 25.7 Å². The van der Waals surface area contributed by atoms with Gasteiger partial charge in [0.2, 0.25) is 5.91 Å². The Bertz CT molecular complexity index is 954. The van der Waals surface area contributed by atoms with Gasteiger partial charge in [0, 0.05) is 49.9 Å². The number of aryl methyl sites for hydroxylation is 2. The Labute approximate surface area is 170 Å². The van der Waals surface area contributed by atoms with Gasteiger partial charge in [-0.15, -0.1) is 0 Å². The summed E-state index contributed by atoms with van der Waals surface area (Å²) in [6.07, 6.45) is 0.297. The normalized spacial score (nSPS) is 23.3. The lowest BCUT2D eigenvalue weighted by Crippen LogP contribution is -2.36. The van der Waals surface area contributed by atoms with Crippen LogP contribution in [0.15, 0.2) is 35.1 Å². The Morgan fingerprint density at radius 1 is 1.24 bits per heavy atom. The Kier molecular flexibility index (Phi) is 5.41. The van der Waals surface area contributed by atoms with E-state index < -0.39 is 0 Å². The fraction of sp³-hybridized carbons (Fsp3) is 0.500. The van der Waals surface area contributed by atoms with E-state index in [2.05, 4.69) is 22.4 Å². The molecule has 0 spiro atoms. The highest BCUT2D eigenvalue weighted by atomic mass is 16.5. The van der Waals surface area contributed by atoms with Gasteiger partial charge in [0.25, 0.3) is 0 Å². The summed E-state index contributed by atoms with van der Waals surface area (Å²) in [6, 6.07) is 9.95. The highest BCUT2D eigenvalue weighted by Gasteiger charge is 2.46. The molecule has 154 valence electrons. The zero-order valence-corrected chi connectivity index (χ0v) is 17.2. The number of nitrogens with zero attached hydrogens (tertiary/aromatic N) is 3. The Morgan fingerprint density at radius 2 is 2.00 bits per heavy atom. The van der Waals surface area contributed by atoms with Gasteiger partial charge in [-0.25, -0.2) is 4.79 Å². The zero-order valence-electron chi connectivity index (χ0n) is 17.2. The fourth-order valence-electron chi connectivity index (χ4n) is 4.80. The molecule has 0 saturated carbocycles. The third kappa shape index (κ3) is 3.79. The van der Waals surface area contributed by atoms with E-state index in [1.54, 1.807) is 18.6 Å². The summed E-state index contributed by atoms with van der Waals surface area (Å²) >= 11 is 0. The van der Waals surface area contributed by atoms with Gasteiger partial charge < -0.3 is 15.0 Å². The summed E-state index contributed by atoms with van der Waals surface area (Å²) in [7, 11) is 1.65. The predicted octanol–water partition coefficient (Wildman–Crippen LogP) is 1.68. The molecular formula is C22H28N4O3. The quantitative estimate of drug-likeness (QED) is 0.832. The Hall–Kier alpha value is -2.67. The molecule has 2 aliphatic heterocycles. The maximum Gasteiger partial charge on any atom is 0.347 e. The second-order valence-electron chi connectivity index (χ2n) is 8.07. The lowest BCUT2D eigenvalue weighted by molar-refractivity contribution is -0.132. The lowest BCUT2D eigenvalue weighted by Gasteiger charge is -2.29. The van der Waals surface area contributed by atoms with E-state index >= 15 is 0 Å². The summed E-state index contributed by atoms with van der Waals surface area (Å²) in [5.74, 6) is 1.79. The number of amides is 1. The minimum Gasteiger partial charge on any atom is -0.497 e. The third-order valence-electron chi connectivity index (χ3n) is 6.24. The average molecular weight is 396 g/mol. The number of nitrogens with one attached hydrogen (secondary N) is 1. The van der Waals surface area contributed by atoms with Gasteiger partial charge in [-0.1, -0.05) is 12.1 Å². The number of hydrogen-bond donors (Lipinski definition) is 1. The zero-order chi connectivity index (χ0) is 20.5. The Morgan fingerprint density at radius 3 is 2.69 bits per heavy atom. The van der Waals surface area contributed by atoms with E-state index in [4.69, 9.17) is 4.74 Å². The minimum atomic E-state index is -0.288. The number of methoxy groups -OCH3 is 1. The van der Waals surface area contributed by atoms with Crippen LogP contribution < -0.4 is 15.7 Å². The number of rotatable bonds is 5. The van der Waals surface area contributed by atoms with Gasteiger partial charge >= 0.3 is 5.69 Å². The summed E-state index contributed by atoms with van der Waals surface area (Å²) in [6.45, 7) is 6.67. The Balaban J connectivity index is 1.54. The molecule has 3 heterocycles. The van der Waals surface area contributed by atoms with Gasteiger partial charge in [0.15, 0.2) is 0 Å². The van der Waals surface area contributed by atoms with E-state index in [0.717, 1.165) is 36.6 Å². The molecule has 0 bridgehead atoms. The third-order valence-corrected chi connectivity index (χ3v) is 6.24. The lowest BCUT2D eigenvalue weighted by atomic mass is 9.89. The number of carbonyl (C=O) groups excluding carboxylic acids is 1. The molecule has 2 fully saturated rings. The topological polar surface area (TPSA) is 76.5 Å². The first-order chi connectivity index (χ1) is 14.0. The van der Waals surface area contributed by atoms with Crippen molar-refractivity contribution in [2.75, 3.05) is 26.7 Å². The maximum atomic E-state index is 13.2. The van der Waals surface area contributed by atoms with Crippen LogP contribution >= 0.6 is 0 Å². The molecule has 0 unspecified atom stereocenters. The number of benzene rings is 1. The SMILES string of the molecule is COc1ccc([C@@H]2[C@H]3CNC[C@H]3CN2C(=O)CCn2c(C)cc(C)nc2=O)cc1. The number of carbonyl (C=O) groups is 1. The average Bonchev–Trinajstić information content (AvgIpc) is 3.28. The molecular weight excluding hydrogens is 368 g/mol. The number of likely N-dealkylation sites (tertiary alicyclic amines) is 1.